The smallest absolute Gasteiger partial charge is 0.0635 e. The number of hydrogen-bond acceptors (Lipinski definition) is 0. The summed E-state index contributed by atoms with van der Waals surface area (Å²) in [4.78, 5) is 0. The molecular weight excluding hydrogens is 617 g/mol. The zero-order valence-corrected chi connectivity index (χ0v) is 41.5. The number of rotatable bonds is 3. The van der Waals surface area contributed by atoms with Crippen molar-refractivity contribution in [1.29, 1.82) is 0 Å². The number of hydrogen-bond donors (Lipinski definition) is 0. The Labute approximate surface area is 275 Å². The predicted molar refractivity (Wildman–Crippen MR) is 216 cm³/mol. The summed E-state index contributed by atoms with van der Waals surface area (Å²) in [5.74, 6) is 0. The minimum Gasteiger partial charge on any atom is -0.0707 e. The molecule has 1 rings (SSSR count). The highest BCUT2D eigenvalue weighted by molar-refractivity contribution is 8.14. The molecule has 7 heteroatoms. The standard InChI is InChI=1S/C35H81Si7/c1-28(2,3)39(25,29(4,5)6)36-37(40(26,30(7,8)9)31(10,11)12)42(34(19,20)21,35(22,23)24)38(36)41(27,32(13,14)15)33(16,17)18/h1-27H3. The Hall–Kier alpha value is 1.52. The Bertz CT molecular complexity index is 985. The topological polar surface area (TPSA) is 0 Å². The molecule has 0 fully saturated rings. The van der Waals surface area contributed by atoms with Crippen LogP contribution in [-0.2, 0) is 0 Å². The molecule has 0 aromatic carbocycles. The summed E-state index contributed by atoms with van der Waals surface area (Å²) in [6.07, 6.45) is 0. The lowest BCUT2D eigenvalue weighted by Crippen LogP contribution is -3.00. The van der Waals surface area contributed by atoms with Crippen LogP contribution in [-0.4, -0.2) is 51.1 Å². The Morgan fingerprint density at radius 3 is 0.714 bits per heavy atom. The largest absolute Gasteiger partial charge is 0.0707 e. The van der Waals surface area contributed by atoms with Crippen LogP contribution in [0.5, 0.6) is 0 Å². The third-order valence-corrected chi connectivity index (χ3v) is 171. The normalized spacial score (nSPS) is 19.8. The van der Waals surface area contributed by atoms with Crippen molar-refractivity contribution in [1.82, 2.24) is 0 Å². The molecule has 0 amide bonds. The van der Waals surface area contributed by atoms with E-state index >= 15 is 0 Å². The summed E-state index contributed by atoms with van der Waals surface area (Å²) in [6, 6.07) is 0. The molecule has 0 saturated carbocycles. The molecule has 249 valence electrons. The van der Waals surface area contributed by atoms with Crippen LogP contribution in [0.2, 0.25) is 59.9 Å². The molecule has 0 N–H and O–H groups in total. The van der Waals surface area contributed by atoms with Gasteiger partial charge in [0.25, 0.3) is 0 Å². The van der Waals surface area contributed by atoms with E-state index in [0.717, 1.165) is 0 Å². The van der Waals surface area contributed by atoms with Crippen LogP contribution in [0.3, 0.4) is 0 Å². The van der Waals surface area contributed by atoms with Gasteiger partial charge in [0, 0.05) is 14.9 Å². The van der Waals surface area contributed by atoms with Crippen LogP contribution < -0.4 is 0 Å². The van der Waals surface area contributed by atoms with Gasteiger partial charge in [-0.1, -0.05) is 186 Å². The summed E-state index contributed by atoms with van der Waals surface area (Å²) >= 11 is 0. The summed E-state index contributed by atoms with van der Waals surface area (Å²) < 4.78 is 0. The van der Waals surface area contributed by atoms with Gasteiger partial charge < -0.3 is 0 Å². The molecule has 0 aromatic rings. The van der Waals surface area contributed by atoms with Gasteiger partial charge in [-0.2, -0.15) is 0 Å². The molecule has 1 aliphatic rings. The average Bonchev–Trinajstić information content (AvgIpc) is 2.58. The maximum atomic E-state index is 3.03. The molecule has 0 bridgehead atoms. The van der Waals surface area contributed by atoms with Crippen LogP contribution in [0.15, 0.2) is 0 Å². The molecule has 0 saturated heterocycles. The van der Waals surface area contributed by atoms with E-state index in [4.69, 9.17) is 0 Å². The second kappa shape index (κ2) is 10.8. The lowest BCUT2D eigenvalue weighted by Gasteiger charge is -2.78. The zero-order valence-electron chi connectivity index (χ0n) is 34.5. The molecule has 1 heterocycles. The fourth-order valence-corrected chi connectivity index (χ4v) is 316. The molecular formula is C35H81Si7. The molecule has 1 radical (unpaired) electrons. The van der Waals surface area contributed by atoms with Crippen LogP contribution in [0.4, 0.5) is 0 Å². The van der Waals surface area contributed by atoms with E-state index in [-0.39, 0.29) is 0 Å². The minimum absolute atomic E-state index is 0.421. The fraction of sp³-hybridized carbons (Fsp3) is 1.00. The van der Waals surface area contributed by atoms with Gasteiger partial charge in [0.2, 0.25) is 0 Å². The van der Waals surface area contributed by atoms with Crippen LogP contribution in [0.1, 0.15) is 166 Å². The van der Waals surface area contributed by atoms with Gasteiger partial charge in [-0.25, -0.2) is 0 Å². The molecule has 0 unspecified atom stereocenters. The Morgan fingerprint density at radius 1 is 0.333 bits per heavy atom. The lowest BCUT2D eigenvalue weighted by atomic mass is 10.2. The van der Waals surface area contributed by atoms with Gasteiger partial charge in [0.05, 0.1) is 22.3 Å². The molecule has 0 spiro atoms. The molecule has 1 aliphatic heterocycles. The van der Waals surface area contributed by atoms with Gasteiger partial charge in [0.15, 0.2) is 0 Å². The van der Waals surface area contributed by atoms with E-state index in [1.54, 1.807) is 0 Å². The van der Waals surface area contributed by atoms with Crippen LogP contribution in [0.25, 0.3) is 0 Å². The molecule has 0 aliphatic carbocycles. The van der Waals surface area contributed by atoms with Gasteiger partial charge in [-0.05, 0) is 54.2 Å². The van der Waals surface area contributed by atoms with Crippen molar-refractivity contribution in [2.75, 3.05) is 0 Å². The zero-order chi connectivity index (χ0) is 34.7. The quantitative estimate of drug-likeness (QED) is 0.258. The Kier molecular flexibility index (Phi) is 10.6. The van der Waals surface area contributed by atoms with E-state index in [0.29, 0.717) is 40.3 Å². The van der Waals surface area contributed by atoms with Crippen molar-refractivity contribution in [3.63, 3.8) is 0 Å². The second-order valence-electron chi connectivity index (χ2n) is 23.2. The predicted octanol–water partition coefficient (Wildman–Crippen LogP) is 13.1. The first-order valence-corrected chi connectivity index (χ1v) is 38.2. The van der Waals surface area contributed by atoms with Crippen molar-refractivity contribution in [3.8, 4) is 0 Å². The van der Waals surface area contributed by atoms with E-state index in [9.17, 15) is 0 Å². The van der Waals surface area contributed by atoms with Crippen LogP contribution in [0, 0.1) is 0 Å². The van der Waals surface area contributed by atoms with Crippen molar-refractivity contribution in [2.45, 2.75) is 226 Å². The maximum Gasteiger partial charge on any atom is 0.0635 e. The van der Waals surface area contributed by atoms with Gasteiger partial charge in [-0.15, -0.1) is 0 Å². The van der Waals surface area contributed by atoms with E-state index in [1.165, 1.54) is 0 Å². The summed E-state index contributed by atoms with van der Waals surface area (Å²) in [7, 11) is -7.82. The highest BCUT2D eigenvalue weighted by Crippen LogP contribution is 2.69. The highest BCUT2D eigenvalue weighted by atomic mass is 30.3. The third-order valence-electron chi connectivity index (χ3n) is 14.0. The summed E-state index contributed by atoms with van der Waals surface area (Å²) in [6.45, 7) is 73.9. The van der Waals surface area contributed by atoms with E-state index in [2.05, 4.69) is 186 Å². The first-order chi connectivity index (χ1) is 17.6. The van der Waals surface area contributed by atoms with Crippen LogP contribution >= 0.6 is 0 Å². The van der Waals surface area contributed by atoms with Gasteiger partial charge >= 0.3 is 0 Å². The molecule has 0 aromatic heterocycles. The van der Waals surface area contributed by atoms with Crippen molar-refractivity contribution in [2.24, 2.45) is 0 Å². The molecule has 42 heavy (non-hydrogen) atoms. The first-order valence-electron chi connectivity index (χ1n) is 17.2. The molecule has 0 nitrogen and oxygen atoms in total. The SMILES string of the molecule is CC(C)(C)[Si](C)([Si]1[Si]([Si](C)(C(C)(C)C)C(C)(C)C)=[Si]([Si](C)(C(C)(C)C)C(C)(C)C)[Si]1(C(C)(C)C)C(C)(C)C)C(C)(C)C. The minimum atomic E-state index is -1.84. The second-order valence-corrected chi connectivity index (χ2v) is 87.8. The Morgan fingerprint density at radius 2 is 0.548 bits per heavy atom. The third kappa shape index (κ3) is 5.48. The fourth-order valence-electron chi connectivity index (χ4n) is 10.6. The monoisotopic (exact) mass is 697 g/mol. The summed E-state index contributed by atoms with van der Waals surface area (Å²) in [5.41, 5.74) is 0. The van der Waals surface area contributed by atoms with Gasteiger partial charge in [-0.3, -0.25) is 0 Å². The molecule has 0 atom stereocenters. The Balaban J connectivity index is 5.25. The van der Waals surface area contributed by atoms with Crippen molar-refractivity contribution >= 4 is 51.1 Å². The maximum absolute atomic E-state index is 3.03. The van der Waals surface area contributed by atoms with E-state index in [1.807, 2.05) is 0 Å². The van der Waals surface area contributed by atoms with E-state index < -0.39 is 51.1 Å². The average molecular weight is 699 g/mol. The van der Waals surface area contributed by atoms with Gasteiger partial charge in [0.1, 0.15) is 0 Å². The first kappa shape index (κ1) is 41.5. The highest BCUT2D eigenvalue weighted by Gasteiger charge is 2.81. The summed E-state index contributed by atoms with van der Waals surface area (Å²) in [5, 5.41) is 3.43. The van der Waals surface area contributed by atoms with Crippen molar-refractivity contribution in [3.05, 3.63) is 0 Å². The lowest BCUT2D eigenvalue weighted by molar-refractivity contribution is 0.626. The van der Waals surface area contributed by atoms with Crippen molar-refractivity contribution < 1.29 is 0 Å².